The molecule has 4 nitrogen and oxygen atoms in total. The highest BCUT2D eigenvalue weighted by Gasteiger charge is 2.07. The predicted molar refractivity (Wildman–Crippen MR) is 69.8 cm³/mol. The number of hydrogen-bond donors (Lipinski definition) is 1. The summed E-state index contributed by atoms with van der Waals surface area (Å²) >= 11 is 7.52. The maximum absolute atomic E-state index is 10.9. The van der Waals surface area contributed by atoms with Crippen molar-refractivity contribution in [2.24, 2.45) is 0 Å². The summed E-state index contributed by atoms with van der Waals surface area (Å²) in [6.07, 6.45) is 0.320. The molecular formula is C11H11ClN2O2S. The highest BCUT2D eigenvalue weighted by atomic mass is 35.5. The van der Waals surface area contributed by atoms with E-state index in [1.54, 1.807) is 0 Å². The summed E-state index contributed by atoms with van der Waals surface area (Å²) in [5.41, 5.74) is 0.864. The minimum absolute atomic E-state index is 0.239. The number of rotatable bonds is 4. The van der Waals surface area contributed by atoms with Crippen LogP contribution in [-0.2, 0) is 9.53 Å². The molecule has 0 aliphatic carbocycles. The van der Waals surface area contributed by atoms with E-state index < -0.39 is 0 Å². The van der Waals surface area contributed by atoms with Crippen molar-refractivity contribution >= 4 is 44.3 Å². The second kappa shape index (κ2) is 5.33. The molecule has 0 saturated heterocycles. The van der Waals surface area contributed by atoms with Crippen LogP contribution in [0.5, 0.6) is 0 Å². The maximum Gasteiger partial charge on any atom is 0.307 e. The lowest BCUT2D eigenvalue weighted by Crippen LogP contribution is -2.09. The van der Waals surface area contributed by atoms with Crippen LogP contribution in [0.3, 0.4) is 0 Å². The zero-order chi connectivity index (χ0) is 12.3. The van der Waals surface area contributed by atoms with E-state index in [9.17, 15) is 4.79 Å². The number of nitrogens with one attached hydrogen (secondary N) is 1. The topological polar surface area (TPSA) is 51.2 Å². The number of thiazole rings is 1. The monoisotopic (exact) mass is 270 g/mol. The Morgan fingerprint density at radius 1 is 1.59 bits per heavy atom. The summed E-state index contributed by atoms with van der Waals surface area (Å²) in [7, 11) is 1.37. The van der Waals surface area contributed by atoms with Gasteiger partial charge < -0.3 is 10.1 Å². The second-order valence-corrected chi connectivity index (χ2v) is 4.77. The molecule has 0 saturated carbocycles. The number of esters is 1. The van der Waals surface area contributed by atoms with Gasteiger partial charge in [-0.2, -0.15) is 0 Å². The van der Waals surface area contributed by atoms with E-state index in [1.807, 2.05) is 18.2 Å². The van der Waals surface area contributed by atoms with Crippen LogP contribution in [0, 0.1) is 0 Å². The second-order valence-electron chi connectivity index (χ2n) is 3.36. The molecule has 0 fully saturated rings. The van der Waals surface area contributed by atoms with Crippen molar-refractivity contribution in [1.29, 1.82) is 0 Å². The van der Waals surface area contributed by atoms with Crippen molar-refractivity contribution in [1.82, 2.24) is 4.98 Å². The summed E-state index contributed by atoms with van der Waals surface area (Å²) in [5.74, 6) is -0.239. The number of ether oxygens (including phenoxy) is 1. The molecule has 1 N–H and O–H groups in total. The summed E-state index contributed by atoms with van der Waals surface area (Å²) in [6.45, 7) is 0.504. The van der Waals surface area contributed by atoms with Gasteiger partial charge in [-0.1, -0.05) is 29.0 Å². The molecule has 0 unspecified atom stereocenters. The Morgan fingerprint density at radius 3 is 3.12 bits per heavy atom. The molecule has 0 aliphatic heterocycles. The van der Waals surface area contributed by atoms with Crippen molar-refractivity contribution in [3.8, 4) is 0 Å². The maximum atomic E-state index is 10.9. The SMILES string of the molecule is COC(=O)CCNc1nc2cccc(Cl)c2s1. The molecule has 6 heteroatoms. The fourth-order valence-corrected chi connectivity index (χ4v) is 2.55. The van der Waals surface area contributed by atoms with Crippen LogP contribution in [0.25, 0.3) is 10.2 Å². The van der Waals surface area contributed by atoms with Crippen LogP contribution in [0.4, 0.5) is 5.13 Å². The first-order valence-electron chi connectivity index (χ1n) is 5.06. The van der Waals surface area contributed by atoms with E-state index >= 15 is 0 Å². The normalized spacial score (nSPS) is 10.5. The van der Waals surface area contributed by atoms with Crippen LogP contribution in [-0.4, -0.2) is 24.6 Å². The first-order chi connectivity index (χ1) is 8.20. The molecule has 0 bridgehead atoms. The molecule has 17 heavy (non-hydrogen) atoms. The molecule has 90 valence electrons. The number of carbonyl (C=O) groups excluding carboxylic acids is 1. The first kappa shape index (κ1) is 12.1. The van der Waals surface area contributed by atoms with Gasteiger partial charge in [-0.25, -0.2) is 4.98 Å². The third-order valence-corrected chi connectivity index (χ3v) is 3.69. The fourth-order valence-electron chi connectivity index (χ4n) is 1.36. The lowest BCUT2D eigenvalue weighted by molar-refractivity contribution is -0.140. The Kier molecular flexibility index (Phi) is 3.81. The van der Waals surface area contributed by atoms with Crippen LogP contribution in [0.1, 0.15) is 6.42 Å². The predicted octanol–water partition coefficient (Wildman–Crippen LogP) is 2.92. The minimum atomic E-state index is -0.239. The van der Waals surface area contributed by atoms with Crippen molar-refractivity contribution in [2.45, 2.75) is 6.42 Å². The Hall–Kier alpha value is -1.33. The fraction of sp³-hybridized carbons (Fsp3) is 0.273. The number of methoxy groups -OCH3 is 1. The highest BCUT2D eigenvalue weighted by Crippen LogP contribution is 2.31. The molecule has 1 heterocycles. The third-order valence-electron chi connectivity index (χ3n) is 2.20. The molecule has 1 aromatic carbocycles. The Labute approximate surface area is 108 Å². The third kappa shape index (κ3) is 2.87. The molecule has 0 atom stereocenters. The van der Waals surface area contributed by atoms with Crippen molar-refractivity contribution in [3.63, 3.8) is 0 Å². The van der Waals surface area contributed by atoms with Gasteiger partial charge in [0.25, 0.3) is 0 Å². The number of aromatic nitrogens is 1. The van der Waals surface area contributed by atoms with Gasteiger partial charge in [0.05, 0.1) is 28.8 Å². The van der Waals surface area contributed by atoms with Gasteiger partial charge in [0.2, 0.25) is 0 Å². The van der Waals surface area contributed by atoms with Gasteiger partial charge in [0.1, 0.15) is 0 Å². The minimum Gasteiger partial charge on any atom is -0.469 e. The van der Waals surface area contributed by atoms with E-state index in [0.29, 0.717) is 18.0 Å². The number of fused-ring (bicyclic) bond motifs is 1. The van der Waals surface area contributed by atoms with Crippen molar-refractivity contribution < 1.29 is 9.53 Å². The lowest BCUT2D eigenvalue weighted by atomic mass is 10.3. The standard InChI is InChI=1S/C11H11ClN2O2S/c1-16-9(15)5-6-13-11-14-8-4-2-3-7(12)10(8)17-11/h2-4H,5-6H2,1H3,(H,13,14). The number of hydrogen-bond acceptors (Lipinski definition) is 5. The summed E-state index contributed by atoms with van der Waals surface area (Å²) in [6, 6.07) is 5.60. The van der Waals surface area contributed by atoms with Crippen molar-refractivity contribution in [2.75, 3.05) is 19.0 Å². The Bertz CT molecular complexity index is 541. The van der Waals surface area contributed by atoms with Crippen LogP contribution in [0.2, 0.25) is 5.02 Å². The van der Waals surface area contributed by atoms with Crippen LogP contribution >= 0.6 is 22.9 Å². The zero-order valence-electron chi connectivity index (χ0n) is 9.20. The van der Waals surface area contributed by atoms with Gasteiger partial charge in [-0.3, -0.25) is 4.79 Å². The Morgan fingerprint density at radius 2 is 2.41 bits per heavy atom. The lowest BCUT2D eigenvalue weighted by Gasteiger charge is -2.00. The quantitative estimate of drug-likeness (QED) is 0.868. The van der Waals surface area contributed by atoms with E-state index in [-0.39, 0.29) is 5.97 Å². The van der Waals surface area contributed by atoms with Gasteiger partial charge in [0.15, 0.2) is 5.13 Å². The smallest absolute Gasteiger partial charge is 0.307 e. The molecule has 1 aromatic heterocycles. The van der Waals surface area contributed by atoms with Gasteiger partial charge in [-0.05, 0) is 12.1 Å². The van der Waals surface area contributed by atoms with Gasteiger partial charge in [-0.15, -0.1) is 0 Å². The molecule has 2 rings (SSSR count). The average Bonchev–Trinajstić information content (AvgIpc) is 2.73. The van der Waals surface area contributed by atoms with Crippen LogP contribution in [0.15, 0.2) is 18.2 Å². The summed E-state index contributed by atoms with van der Waals surface area (Å²) in [4.78, 5) is 15.3. The number of halogens is 1. The number of carbonyl (C=O) groups is 1. The van der Waals surface area contributed by atoms with E-state index in [4.69, 9.17) is 11.6 Å². The largest absolute Gasteiger partial charge is 0.469 e. The number of anilines is 1. The Balaban J connectivity index is 2.05. The number of benzene rings is 1. The summed E-state index contributed by atoms with van der Waals surface area (Å²) in [5, 5.41) is 4.53. The first-order valence-corrected chi connectivity index (χ1v) is 6.26. The summed E-state index contributed by atoms with van der Waals surface area (Å²) < 4.78 is 5.50. The number of nitrogens with zero attached hydrogens (tertiary/aromatic N) is 1. The van der Waals surface area contributed by atoms with E-state index in [2.05, 4.69) is 15.0 Å². The van der Waals surface area contributed by atoms with Gasteiger partial charge in [0, 0.05) is 6.54 Å². The molecule has 0 radical (unpaired) electrons. The van der Waals surface area contributed by atoms with Crippen LogP contribution < -0.4 is 5.32 Å². The molecule has 2 aromatic rings. The highest BCUT2D eigenvalue weighted by molar-refractivity contribution is 7.22. The molecule has 0 spiro atoms. The van der Waals surface area contributed by atoms with Crippen molar-refractivity contribution in [3.05, 3.63) is 23.2 Å². The van der Waals surface area contributed by atoms with E-state index in [1.165, 1.54) is 18.4 Å². The molecule has 0 amide bonds. The van der Waals surface area contributed by atoms with E-state index in [0.717, 1.165) is 15.3 Å². The van der Waals surface area contributed by atoms with Gasteiger partial charge >= 0.3 is 5.97 Å². The average molecular weight is 271 g/mol. The zero-order valence-corrected chi connectivity index (χ0v) is 10.8. The molecular weight excluding hydrogens is 260 g/mol. The molecule has 0 aliphatic rings.